The van der Waals surface area contributed by atoms with Crippen molar-refractivity contribution in [2.24, 2.45) is 0 Å². The lowest BCUT2D eigenvalue weighted by Gasteiger charge is -2.24. The van der Waals surface area contributed by atoms with E-state index in [1.54, 1.807) is 0 Å². The minimum Gasteiger partial charge on any atom is -0.0888 e. The molecule has 0 aromatic heterocycles. The van der Waals surface area contributed by atoms with E-state index in [2.05, 4.69) is 146 Å². The molecule has 1 heteroatoms. The topological polar surface area (TPSA) is 0 Å². The molecule has 0 saturated carbocycles. The van der Waals surface area contributed by atoms with Crippen LogP contribution in [-0.4, -0.2) is 0 Å². The standard InChI is InChI=1S/C42H24S/c1-2-11-26(12-3-1)38-29-16-4-5-17-31(29)40(42-34-21-9-14-25-13-8-20-33(37(25)34)41(38)42)32-23-24-36-39-28(18-10-19-30(32)39)27-15-6-7-22-35(27)43-36/h1-24H. The van der Waals surface area contributed by atoms with Gasteiger partial charge in [0.2, 0.25) is 0 Å². The highest BCUT2D eigenvalue weighted by atomic mass is 32.2. The highest BCUT2D eigenvalue weighted by molar-refractivity contribution is 7.99. The van der Waals surface area contributed by atoms with Gasteiger partial charge in [-0.15, -0.1) is 0 Å². The molecule has 0 bridgehead atoms. The van der Waals surface area contributed by atoms with Crippen LogP contribution in [0, 0.1) is 0 Å². The van der Waals surface area contributed by atoms with Crippen LogP contribution in [0.4, 0.5) is 0 Å². The Morgan fingerprint density at radius 2 is 0.907 bits per heavy atom. The molecule has 0 amide bonds. The van der Waals surface area contributed by atoms with Crippen molar-refractivity contribution in [3.05, 3.63) is 146 Å². The van der Waals surface area contributed by atoms with Gasteiger partial charge in [0.15, 0.2) is 0 Å². The smallest absolute Gasteiger partial charge is 0.0207 e. The summed E-state index contributed by atoms with van der Waals surface area (Å²) in [6.45, 7) is 0. The Kier molecular flexibility index (Phi) is 4.75. The largest absolute Gasteiger partial charge is 0.0888 e. The molecular formula is C42H24S. The van der Waals surface area contributed by atoms with E-state index in [0.717, 1.165) is 0 Å². The van der Waals surface area contributed by atoms with Crippen LogP contribution in [0.15, 0.2) is 155 Å². The van der Waals surface area contributed by atoms with Gasteiger partial charge in [0.1, 0.15) is 0 Å². The van der Waals surface area contributed by atoms with E-state index in [4.69, 9.17) is 0 Å². The van der Waals surface area contributed by atoms with Crippen LogP contribution in [-0.2, 0) is 0 Å². The summed E-state index contributed by atoms with van der Waals surface area (Å²) in [6.07, 6.45) is 0. The van der Waals surface area contributed by atoms with Crippen LogP contribution in [0.2, 0.25) is 0 Å². The van der Waals surface area contributed by atoms with Crippen LogP contribution in [0.3, 0.4) is 0 Å². The van der Waals surface area contributed by atoms with Gasteiger partial charge in [-0.05, 0) is 94.7 Å². The predicted octanol–water partition coefficient (Wildman–Crippen LogP) is 12.3. The van der Waals surface area contributed by atoms with Gasteiger partial charge in [-0.1, -0.05) is 145 Å². The zero-order valence-electron chi connectivity index (χ0n) is 23.3. The summed E-state index contributed by atoms with van der Waals surface area (Å²) in [7, 11) is 0. The van der Waals surface area contributed by atoms with Gasteiger partial charge in [0.25, 0.3) is 0 Å². The average molecular weight is 561 g/mol. The molecule has 43 heavy (non-hydrogen) atoms. The zero-order valence-corrected chi connectivity index (χ0v) is 24.1. The number of hydrogen-bond donors (Lipinski definition) is 0. The fourth-order valence-electron chi connectivity index (χ4n) is 7.72. The molecule has 1 aliphatic heterocycles. The fraction of sp³-hybridized carbons (Fsp3) is 0. The van der Waals surface area contributed by atoms with Crippen molar-refractivity contribution >= 4 is 44.1 Å². The number of rotatable bonds is 2. The molecule has 1 aliphatic carbocycles. The molecule has 2 aliphatic rings. The summed E-state index contributed by atoms with van der Waals surface area (Å²) in [5.41, 5.74) is 13.3. The Morgan fingerprint density at radius 1 is 0.302 bits per heavy atom. The van der Waals surface area contributed by atoms with E-state index in [1.807, 2.05) is 11.8 Å². The Hall–Kier alpha value is -5.11. The van der Waals surface area contributed by atoms with Crippen molar-refractivity contribution in [3.63, 3.8) is 0 Å². The summed E-state index contributed by atoms with van der Waals surface area (Å²) in [4.78, 5) is 2.66. The van der Waals surface area contributed by atoms with Gasteiger partial charge < -0.3 is 0 Å². The van der Waals surface area contributed by atoms with Crippen LogP contribution in [0.5, 0.6) is 0 Å². The highest BCUT2D eigenvalue weighted by Gasteiger charge is 2.31. The first-order valence-corrected chi connectivity index (χ1v) is 15.7. The van der Waals surface area contributed by atoms with Gasteiger partial charge in [-0.25, -0.2) is 0 Å². The van der Waals surface area contributed by atoms with E-state index >= 15 is 0 Å². The first-order valence-electron chi connectivity index (χ1n) is 14.9. The Labute approximate surface area is 254 Å². The van der Waals surface area contributed by atoms with Crippen molar-refractivity contribution < 1.29 is 0 Å². The minimum absolute atomic E-state index is 1.26. The maximum absolute atomic E-state index is 2.38. The molecule has 0 fully saturated rings. The second-order valence-electron chi connectivity index (χ2n) is 11.6. The second kappa shape index (κ2) is 8.70. The van der Waals surface area contributed by atoms with Crippen LogP contribution in [0.25, 0.3) is 88.0 Å². The second-order valence-corrected chi connectivity index (χ2v) is 12.6. The summed E-state index contributed by atoms with van der Waals surface area (Å²) in [6, 6.07) is 54.1. The zero-order chi connectivity index (χ0) is 28.1. The number of hydrogen-bond acceptors (Lipinski definition) is 1. The summed E-state index contributed by atoms with van der Waals surface area (Å²) in [5, 5.41) is 7.94. The van der Waals surface area contributed by atoms with Crippen LogP contribution >= 0.6 is 11.8 Å². The SMILES string of the molecule is c1ccc(-c2c3c(c(-c4ccc5c6c(cccc46)-c4ccccc4S5)c4ccccc24)-c2cccc4cccc-3c24)cc1. The maximum atomic E-state index is 2.38. The molecule has 0 unspecified atom stereocenters. The summed E-state index contributed by atoms with van der Waals surface area (Å²) < 4.78 is 0. The third kappa shape index (κ3) is 3.12. The molecule has 0 N–H and O–H groups in total. The van der Waals surface area contributed by atoms with E-state index in [1.165, 1.54) is 97.7 Å². The third-order valence-electron chi connectivity index (χ3n) is 9.39. The lowest BCUT2D eigenvalue weighted by Crippen LogP contribution is -1.97. The normalized spacial score (nSPS) is 12.6. The molecule has 0 radical (unpaired) electrons. The molecular weight excluding hydrogens is 537 g/mol. The summed E-state index contributed by atoms with van der Waals surface area (Å²) >= 11 is 1.89. The average Bonchev–Trinajstić information content (AvgIpc) is 3.40. The summed E-state index contributed by atoms with van der Waals surface area (Å²) in [5.74, 6) is 0. The maximum Gasteiger partial charge on any atom is 0.0207 e. The first kappa shape index (κ1) is 23.5. The molecule has 0 nitrogen and oxygen atoms in total. The lowest BCUT2D eigenvalue weighted by molar-refractivity contribution is 1.40. The van der Waals surface area contributed by atoms with Crippen LogP contribution in [0.1, 0.15) is 0 Å². The van der Waals surface area contributed by atoms with Gasteiger partial charge in [-0.2, -0.15) is 0 Å². The third-order valence-corrected chi connectivity index (χ3v) is 10.5. The monoisotopic (exact) mass is 560 g/mol. The van der Waals surface area contributed by atoms with Crippen molar-refractivity contribution in [2.45, 2.75) is 9.79 Å². The van der Waals surface area contributed by atoms with Crippen molar-refractivity contribution in [1.82, 2.24) is 0 Å². The molecule has 8 aromatic rings. The molecule has 0 spiro atoms. The lowest BCUT2D eigenvalue weighted by atomic mass is 9.81. The van der Waals surface area contributed by atoms with E-state index < -0.39 is 0 Å². The van der Waals surface area contributed by atoms with Gasteiger partial charge in [0.05, 0.1) is 0 Å². The van der Waals surface area contributed by atoms with Gasteiger partial charge >= 0.3 is 0 Å². The predicted molar refractivity (Wildman–Crippen MR) is 184 cm³/mol. The quantitative estimate of drug-likeness (QED) is 0.203. The van der Waals surface area contributed by atoms with Crippen molar-refractivity contribution in [1.29, 1.82) is 0 Å². The number of fused-ring (bicyclic) bond motifs is 6. The minimum atomic E-state index is 1.26. The Morgan fingerprint density at radius 3 is 1.72 bits per heavy atom. The Bertz CT molecular complexity index is 2460. The number of benzene rings is 8. The molecule has 0 atom stereocenters. The molecule has 0 saturated heterocycles. The van der Waals surface area contributed by atoms with Crippen LogP contribution < -0.4 is 0 Å². The molecule has 1 heterocycles. The molecule has 198 valence electrons. The first-order chi connectivity index (χ1) is 21.4. The van der Waals surface area contributed by atoms with Gasteiger partial charge in [-0.3, -0.25) is 0 Å². The highest BCUT2D eigenvalue weighted by Crippen LogP contribution is 2.59. The molecule has 8 aromatic carbocycles. The fourth-order valence-corrected chi connectivity index (χ4v) is 8.85. The van der Waals surface area contributed by atoms with Gasteiger partial charge in [0, 0.05) is 15.2 Å². The van der Waals surface area contributed by atoms with Crippen molar-refractivity contribution in [2.75, 3.05) is 0 Å². The van der Waals surface area contributed by atoms with E-state index in [0.29, 0.717) is 0 Å². The van der Waals surface area contributed by atoms with Crippen molar-refractivity contribution in [3.8, 4) is 55.6 Å². The van der Waals surface area contributed by atoms with E-state index in [9.17, 15) is 0 Å². The Balaban J connectivity index is 1.41. The van der Waals surface area contributed by atoms with E-state index in [-0.39, 0.29) is 0 Å². The molecule has 10 rings (SSSR count).